The number of carbonyl (C=O) groups is 1. The zero-order valence-electron chi connectivity index (χ0n) is 9.23. The second kappa shape index (κ2) is 5.93. The van der Waals surface area contributed by atoms with E-state index in [2.05, 4.69) is 31.2 Å². The number of halogens is 2. The number of carbonyl (C=O) groups excluding carboxylic acids is 1. The van der Waals surface area contributed by atoms with E-state index in [1.807, 2.05) is 12.1 Å². The molecule has 1 amide bonds. The maximum atomic E-state index is 11.7. The molecule has 0 bridgehead atoms. The number of nitrogens with one attached hydrogen (secondary N) is 1. The molecule has 0 atom stereocenters. The molecule has 1 N–H and O–H groups in total. The largest absolute Gasteiger partial charge is 0.294 e. The summed E-state index contributed by atoms with van der Waals surface area (Å²) in [4.78, 5) is 19.6. The van der Waals surface area contributed by atoms with Gasteiger partial charge >= 0.3 is 0 Å². The molecular formula is C12H9BrClN3O. The van der Waals surface area contributed by atoms with Gasteiger partial charge in [0.05, 0.1) is 10.9 Å². The van der Waals surface area contributed by atoms with Crippen LogP contribution in [-0.2, 0) is 11.2 Å². The van der Waals surface area contributed by atoms with Crippen LogP contribution in [-0.4, -0.2) is 15.9 Å². The number of nitrogens with zero attached hydrogens (tertiary/aromatic N) is 2. The summed E-state index contributed by atoms with van der Waals surface area (Å²) in [5.41, 5.74) is 0.883. The number of anilines is 1. The van der Waals surface area contributed by atoms with Gasteiger partial charge < -0.3 is 0 Å². The Balaban J connectivity index is 1.96. The lowest BCUT2D eigenvalue weighted by atomic mass is 10.1. The van der Waals surface area contributed by atoms with E-state index in [0.717, 1.165) is 10.0 Å². The zero-order valence-corrected chi connectivity index (χ0v) is 11.6. The van der Waals surface area contributed by atoms with E-state index in [1.165, 1.54) is 0 Å². The van der Waals surface area contributed by atoms with Crippen molar-refractivity contribution in [3.8, 4) is 0 Å². The summed E-state index contributed by atoms with van der Waals surface area (Å²) in [6, 6.07) is 7.12. The Labute approximate surface area is 118 Å². The minimum Gasteiger partial charge on any atom is -0.294 e. The van der Waals surface area contributed by atoms with E-state index in [9.17, 15) is 4.79 Å². The minimum absolute atomic E-state index is 0.167. The molecule has 4 nitrogen and oxygen atoms in total. The number of hydrogen-bond donors (Lipinski definition) is 1. The van der Waals surface area contributed by atoms with Crippen LogP contribution >= 0.6 is 27.5 Å². The molecule has 92 valence electrons. The first kappa shape index (κ1) is 13.0. The lowest BCUT2D eigenvalue weighted by molar-refractivity contribution is -0.115. The van der Waals surface area contributed by atoms with Crippen molar-refractivity contribution in [2.45, 2.75) is 6.42 Å². The van der Waals surface area contributed by atoms with Crippen molar-refractivity contribution in [3.05, 3.63) is 51.7 Å². The lowest BCUT2D eigenvalue weighted by Crippen LogP contribution is -2.16. The van der Waals surface area contributed by atoms with Gasteiger partial charge in [0.15, 0.2) is 0 Å². The van der Waals surface area contributed by atoms with Crippen LogP contribution in [0.4, 0.5) is 5.95 Å². The molecule has 0 fully saturated rings. The molecule has 0 spiro atoms. The fraction of sp³-hybridized carbons (Fsp3) is 0.0833. The van der Waals surface area contributed by atoms with Crippen LogP contribution in [0.5, 0.6) is 0 Å². The van der Waals surface area contributed by atoms with Gasteiger partial charge in [0.1, 0.15) is 0 Å². The van der Waals surface area contributed by atoms with Crippen LogP contribution in [0.2, 0.25) is 5.02 Å². The van der Waals surface area contributed by atoms with Crippen LogP contribution in [0, 0.1) is 0 Å². The van der Waals surface area contributed by atoms with Gasteiger partial charge in [-0.3, -0.25) is 10.1 Å². The summed E-state index contributed by atoms with van der Waals surface area (Å²) >= 11 is 8.99. The van der Waals surface area contributed by atoms with Crippen molar-refractivity contribution in [3.63, 3.8) is 0 Å². The van der Waals surface area contributed by atoms with Gasteiger partial charge in [-0.25, -0.2) is 9.97 Å². The Morgan fingerprint density at radius 3 is 2.44 bits per heavy atom. The van der Waals surface area contributed by atoms with Gasteiger partial charge in [0.2, 0.25) is 11.9 Å². The number of benzene rings is 1. The second-order valence-corrected chi connectivity index (χ2v) is 4.93. The van der Waals surface area contributed by atoms with E-state index in [-0.39, 0.29) is 18.3 Å². The molecule has 1 aromatic heterocycles. The fourth-order valence-corrected chi connectivity index (χ4v) is 1.66. The SMILES string of the molecule is O=C(Cc1ccc(Cl)cc1)Nc1ncc(Br)cn1. The molecule has 6 heteroatoms. The first-order valence-electron chi connectivity index (χ1n) is 5.15. The molecule has 1 heterocycles. The highest BCUT2D eigenvalue weighted by molar-refractivity contribution is 9.10. The Hall–Kier alpha value is -1.46. The third kappa shape index (κ3) is 3.78. The van der Waals surface area contributed by atoms with Crippen molar-refractivity contribution in [1.29, 1.82) is 0 Å². The predicted octanol–water partition coefficient (Wildman–Crippen LogP) is 3.07. The van der Waals surface area contributed by atoms with Gasteiger partial charge in [-0.05, 0) is 33.6 Å². The molecule has 18 heavy (non-hydrogen) atoms. The van der Waals surface area contributed by atoms with E-state index >= 15 is 0 Å². The quantitative estimate of drug-likeness (QED) is 0.943. The van der Waals surface area contributed by atoms with Crippen molar-refractivity contribution in [1.82, 2.24) is 9.97 Å². The standard InChI is InChI=1S/C12H9BrClN3O/c13-9-6-15-12(16-7-9)17-11(18)5-8-1-3-10(14)4-2-8/h1-4,6-7H,5H2,(H,15,16,17,18). The Bertz CT molecular complexity index is 493. The lowest BCUT2D eigenvalue weighted by Gasteiger charge is -2.03. The Kier molecular flexibility index (Phi) is 4.28. The summed E-state index contributed by atoms with van der Waals surface area (Å²) in [6.45, 7) is 0. The van der Waals surface area contributed by atoms with Crippen molar-refractivity contribution in [2.75, 3.05) is 5.32 Å². The summed E-state index contributed by atoms with van der Waals surface area (Å²) in [6.07, 6.45) is 3.41. The van der Waals surface area contributed by atoms with Gasteiger partial charge in [-0.15, -0.1) is 0 Å². The molecule has 0 saturated carbocycles. The first-order chi connectivity index (χ1) is 8.63. The number of amides is 1. The highest BCUT2D eigenvalue weighted by atomic mass is 79.9. The highest BCUT2D eigenvalue weighted by Crippen LogP contribution is 2.11. The van der Waals surface area contributed by atoms with Crippen LogP contribution in [0.15, 0.2) is 41.1 Å². The maximum absolute atomic E-state index is 11.7. The zero-order chi connectivity index (χ0) is 13.0. The molecule has 0 aliphatic rings. The molecule has 0 saturated heterocycles. The number of aromatic nitrogens is 2. The molecule has 2 aromatic rings. The van der Waals surface area contributed by atoms with Crippen LogP contribution < -0.4 is 5.32 Å². The molecule has 0 aliphatic carbocycles. The molecule has 1 aromatic carbocycles. The summed E-state index contributed by atoms with van der Waals surface area (Å²) < 4.78 is 0.762. The average molecular weight is 327 g/mol. The Morgan fingerprint density at radius 1 is 1.22 bits per heavy atom. The minimum atomic E-state index is -0.167. The van der Waals surface area contributed by atoms with Gasteiger partial charge in [0.25, 0.3) is 0 Å². The molecule has 0 radical (unpaired) electrons. The fourth-order valence-electron chi connectivity index (χ4n) is 1.33. The number of rotatable bonds is 3. The molecular weight excluding hydrogens is 318 g/mol. The van der Waals surface area contributed by atoms with Crippen LogP contribution in [0.25, 0.3) is 0 Å². The second-order valence-electron chi connectivity index (χ2n) is 3.58. The molecule has 0 aliphatic heterocycles. The summed E-state index contributed by atoms with van der Waals surface area (Å²) in [5.74, 6) is 0.122. The number of hydrogen-bond acceptors (Lipinski definition) is 3. The van der Waals surface area contributed by atoms with Gasteiger partial charge in [0, 0.05) is 17.4 Å². The third-order valence-electron chi connectivity index (χ3n) is 2.15. The topological polar surface area (TPSA) is 54.9 Å². The smallest absolute Gasteiger partial charge is 0.231 e. The predicted molar refractivity (Wildman–Crippen MR) is 73.5 cm³/mol. The van der Waals surface area contributed by atoms with Crippen molar-refractivity contribution in [2.24, 2.45) is 0 Å². The Morgan fingerprint density at radius 2 is 1.83 bits per heavy atom. The molecule has 2 rings (SSSR count). The van der Waals surface area contributed by atoms with Crippen LogP contribution in [0.3, 0.4) is 0 Å². The average Bonchev–Trinajstić information content (AvgIpc) is 2.35. The van der Waals surface area contributed by atoms with E-state index < -0.39 is 0 Å². The monoisotopic (exact) mass is 325 g/mol. The van der Waals surface area contributed by atoms with Gasteiger partial charge in [-0.2, -0.15) is 0 Å². The van der Waals surface area contributed by atoms with E-state index in [1.54, 1.807) is 24.5 Å². The first-order valence-corrected chi connectivity index (χ1v) is 6.32. The van der Waals surface area contributed by atoms with Crippen molar-refractivity contribution >= 4 is 39.4 Å². The highest BCUT2D eigenvalue weighted by Gasteiger charge is 2.05. The normalized spacial score (nSPS) is 10.1. The van der Waals surface area contributed by atoms with Crippen molar-refractivity contribution < 1.29 is 4.79 Å². The summed E-state index contributed by atoms with van der Waals surface area (Å²) in [5, 5.41) is 3.27. The summed E-state index contributed by atoms with van der Waals surface area (Å²) in [7, 11) is 0. The van der Waals surface area contributed by atoms with E-state index in [0.29, 0.717) is 5.02 Å². The van der Waals surface area contributed by atoms with Gasteiger partial charge in [-0.1, -0.05) is 23.7 Å². The van der Waals surface area contributed by atoms with E-state index in [4.69, 9.17) is 11.6 Å². The molecule has 0 unspecified atom stereocenters. The van der Waals surface area contributed by atoms with Crippen LogP contribution in [0.1, 0.15) is 5.56 Å². The maximum Gasteiger partial charge on any atom is 0.231 e. The third-order valence-corrected chi connectivity index (χ3v) is 2.81.